The molecule has 2 heterocycles. The molecule has 4 atom stereocenters. The highest BCUT2D eigenvalue weighted by atomic mass is 16.6. The van der Waals surface area contributed by atoms with Crippen LogP contribution in [0.25, 0.3) is 0 Å². The molecule has 94 valence electrons. The van der Waals surface area contributed by atoms with E-state index in [0.29, 0.717) is 0 Å². The van der Waals surface area contributed by atoms with E-state index in [0.717, 1.165) is 11.0 Å². The van der Waals surface area contributed by atoms with Gasteiger partial charge in [-0.3, -0.25) is 4.79 Å². The molecule has 1 aliphatic rings. The summed E-state index contributed by atoms with van der Waals surface area (Å²) in [6, 6.07) is 0. The van der Waals surface area contributed by atoms with E-state index in [1.807, 2.05) is 0 Å². The van der Waals surface area contributed by atoms with Crippen molar-refractivity contribution in [2.75, 3.05) is 6.61 Å². The van der Waals surface area contributed by atoms with Crippen LogP contribution in [0, 0.1) is 0 Å². The summed E-state index contributed by atoms with van der Waals surface area (Å²) in [6.07, 6.45) is -3.26. The molecule has 1 saturated heterocycles. The zero-order valence-corrected chi connectivity index (χ0v) is 8.67. The number of ether oxygens (including phenoxy) is 1. The molecular formula is C8H12N4O5. The van der Waals surface area contributed by atoms with Crippen molar-refractivity contribution in [1.29, 1.82) is 0 Å². The van der Waals surface area contributed by atoms with E-state index in [4.69, 9.17) is 15.6 Å². The van der Waals surface area contributed by atoms with Crippen LogP contribution in [0.15, 0.2) is 6.33 Å². The Morgan fingerprint density at radius 3 is 2.71 bits per heavy atom. The fourth-order valence-corrected chi connectivity index (χ4v) is 1.61. The van der Waals surface area contributed by atoms with Gasteiger partial charge in [-0.25, -0.2) is 9.67 Å². The average Bonchev–Trinajstić information content (AvgIpc) is 2.87. The number of hydrogen-bond acceptors (Lipinski definition) is 7. The van der Waals surface area contributed by atoms with Crippen LogP contribution in [-0.4, -0.2) is 60.9 Å². The number of nitrogens with two attached hydrogens (primary N) is 1. The van der Waals surface area contributed by atoms with Gasteiger partial charge in [0.05, 0.1) is 6.61 Å². The fourth-order valence-electron chi connectivity index (χ4n) is 1.61. The summed E-state index contributed by atoms with van der Waals surface area (Å²) in [7, 11) is 0. The summed E-state index contributed by atoms with van der Waals surface area (Å²) in [4.78, 5) is 14.4. The summed E-state index contributed by atoms with van der Waals surface area (Å²) in [5.74, 6) is -1.03. The number of carbonyl (C=O) groups excluding carboxylic acids is 1. The summed E-state index contributed by atoms with van der Waals surface area (Å²) < 4.78 is 6.25. The first kappa shape index (κ1) is 11.9. The predicted octanol–water partition coefficient (Wildman–Crippen LogP) is -3.01. The molecule has 0 aliphatic carbocycles. The Morgan fingerprint density at radius 1 is 1.53 bits per heavy atom. The normalized spacial score (nSPS) is 32.9. The minimum atomic E-state index is -1.27. The van der Waals surface area contributed by atoms with Crippen molar-refractivity contribution in [2.45, 2.75) is 24.5 Å². The smallest absolute Gasteiger partial charge is 0.288 e. The van der Waals surface area contributed by atoms with Crippen molar-refractivity contribution >= 4 is 5.91 Å². The third kappa shape index (κ3) is 2.00. The molecule has 0 bridgehead atoms. The number of aliphatic hydroxyl groups excluding tert-OH is 3. The van der Waals surface area contributed by atoms with Gasteiger partial charge in [-0.2, -0.15) is 0 Å². The molecule has 9 nitrogen and oxygen atoms in total. The zero-order chi connectivity index (χ0) is 12.6. The molecular weight excluding hydrogens is 232 g/mol. The highest BCUT2D eigenvalue weighted by Gasteiger charge is 2.43. The number of rotatable bonds is 3. The SMILES string of the molecule is NC(=O)c1ncn([C@H]2O[C@H](CO)[C@H](O)[C@H]2O)n1. The van der Waals surface area contributed by atoms with E-state index < -0.39 is 37.1 Å². The first-order chi connectivity index (χ1) is 8.04. The van der Waals surface area contributed by atoms with Crippen molar-refractivity contribution < 1.29 is 24.9 Å². The number of carbonyl (C=O) groups is 1. The van der Waals surface area contributed by atoms with Crippen LogP contribution in [0.3, 0.4) is 0 Å². The Balaban J connectivity index is 2.19. The molecule has 0 spiro atoms. The first-order valence-corrected chi connectivity index (χ1v) is 4.88. The van der Waals surface area contributed by atoms with E-state index >= 15 is 0 Å². The predicted molar refractivity (Wildman–Crippen MR) is 51.5 cm³/mol. The highest BCUT2D eigenvalue weighted by Crippen LogP contribution is 2.28. The number of primary amides is 1. The number of aliphatic hydroxyl groups is 3. The molecule has 1 aromatic heterocycles. The maximum atomic E-state index is 10.8. The third-order valence-corrected chi connectivity index (χ3v) is 2.51. The van der Waals surface area contributed by atoms with Crippen molar-refractivity contribution in [3.63, 3.8) is 0 Å². The van der Waals surface area contributed by atoms with Gasteiger partial charge in [-0.15, -0.1) is 5.10 Å². The van der Waals surface area contributed by atoms with Gasteiger partial charge in [0.1, 0.15) is 24.6 Å². The molecule has 1 aliphatic heterocycles. The third-order valence-electron chi connectivity index (χ3n) is 2.51. The minimum Gasteiger partial charge on any atom is -0.394 e. The van der Waals surface area contributed by atoms with Gasteiger partial charge >= 0.3 is 0 Å². The molecule has 0 unspecified atom stereocenters. The van der Waals surface area contributed by atoms with Crippen molar-refractivity contribution in [3.05, 3.63) is 12.2 Å². The lowest BCUT2D eigenvalue weighted by Crippen LogP contribution is -2.33. The Bertz CT molecular complexity index is 422. The molecule has 1 aromatic rings. The summed E-state index contributed by atoms with van der Waals surface area (Å²) in [5, 5.41) is 31.8. The van der Waals surface area contributed by atoms with Crippen molar-refractivity contribution in [3.8, 4) is 0 Å². The molecule has 9 heteroatoms. The molecule has 1 amide bonds. The van der Waals surface area contributed by atoms with Crippen molar-refractivity contribution in [1.82, 2.24) is 14.8 Å². The average molecular weight is 244 g/mol. The lowest BCUT2D eigenvalue weighted by Gasteiger charge is -2.13. The molecule has 0 saturated carbocycles. The molecule has 1 fully saturated rings. The second-order valence-corrected chi connectivity index (χ2v) is 3.64. The Morgan fingerprint density at radius 2 is 2.24 bits per heavy atom. The fraction of sp³-hybridized carbons (Fsp3) is 0.625. The van der Waals surface area contributed by atoms with Gasteiger partial charge in [0.15, 0.2) is 6.23 Å². The van der Waals surface area contributed by atoms with Crippen LogP contribution in [-0.2, 0) is 4.74 Å². The standard InChI is InChI=1S/C8H12N4O5/c9-6(16)7-10-2-12(11-7)8-5(15)4(14)3(1-13)17-8/h2-5,8,13-15H,1H2,(H2,9,16)/t3-,4+,5-,8+/m1/s1. The first-order valence-electron chi connectivity index (χ1n) is 4.88. The van der Waals surface area contributed by atoms with Gasteiger partial charge in [0.25, 0.3) is 5.91 Å². The molecule has 0 radical (unpaired) electrons. The number of amides is 1. The van der Waals surface area contributed by atoms with E-state index in [2.05, 4.69) is 10.1 Å². The summed E-state index contributed by atoms with van der Waals surface area (Å²) in [5.41, 5.74) is 4.97. The van der Waals surface area contributed by atoms with E-state index in [1.165, 1.54) is 0 Å². The zero-order valence-electron chi connectivity index (χ0n) is 8.67. The maximum absolute atomic E-state index is 10.8. The summed E-state index contributed by atoms with van der Waals surface area (Å²) in [6.45, 7) is -0.438. The topological polar surface area (TPSA) is 144 Å². The van der Waals surface area contributed by atoms with Crippen LogP contribution in [0.1, 0.15) is 16.8 Å². The highest BCUT2D eigenvalue weighted by molar-refractivity contribution is 5.88. The number of nitrogens with zero attached hydrogens (tertiary/aromatic N) is 3. The van der Waals surface area contributed by atoms with Crippen molar-refractivity contribution in [2.24, 2.45) is 5.73 Å². The Kier molecular flexibility index (Phi) is 3.07. The lowest BCUT2D eigenvalue weighted by molar-refractivity contribution is -0.0588. The monoisotopic (exact) mass is 244 g/mol. The molecule has 5 N–H and O–H groups in total. The second kappa shape index (κ2) is 4.37. The Labute approximate surface area is 95.4 Å². The maximum Gasteiger partial charge on any atom is 0.288 e. The van der Waals surface area contributed by atoms with E-state index in [-0.39, 0.29) is 5.82 Å². The number of aromatic nitrogens is 3. The van der Waals surface area contributed by atoms with Gasteiger partial charge in [0.2, 0.25) is 5.82 Å². The number of hydrogen-bond donors (Lipinski definition) is 4. The van der Waals surface area contributed by atoms with Crippen LogP contribution < -0.4 is 5.73 Å². The second-order valence-electron chi connectivity index (χ2n) is 3.64. The lowest BCUT2D eigenvalue weighted by atomic mass is 10.1. The summed E-state index contributed by atoms with van der Waals surface area (Å²) >= 11 is 0. The minimum absolute atomic E-state index is 0.220. The van der Waals surface area contributed by atoms with Gasteiger partial charge < -0.3 is 25.8 Å². The van der Waals surface area contributed by atoms with Gasteiger partial charge in [-0.05, 0) is 0 Å². The van der Waals surface area contributed by atoms with E-state index in [1.54, 1.807) is 0 Å². The largest absolute Gasteiger partial charge is 0.394 e. The Hall–Kier alpha value is -1.55. The van der Waals surface area contributed by atoms with Crippen LogP contribution in [0.2, 0.25) is 0 Å². The van der Waals surface area contributed by atoms with Gasteiger partial charge in [0, 0.05) is 0 Å². The molecule has 2 rings (SSSR count). The van der Waals surface area contributed by atoms with Gasteiger partial charge in [-0.1, -0.05) is 0 Å². The van der Waals surface area contributed by atoms with Crippen LogP contribution >= 0.6 is 0 Å². The molecule has 0 aromatic carbocycles. The molecule has 17 heavy (non-hydrogen) atoms. The van der Waals surface area contributed by atoms with E-state index in [9.17, 15) is 15.0 Å². The quantitative estimate of drug-likeness (QED) is 0.443. The van der Waals surface area contributed by atoms with Crippen LogP contribution in [0.4, 0.5) is 0 Å². The van der Waals surface area contributed by atoms with Crippen LogP contribution in [0.5, 0.6) is 0 Å².